The smallest absolute Gasteiger partial charge is 0.0764 e. The summed E-state index contributed by atoms with van der Waals surface area (Å²) in [6, 6.07) is 2.85. The van der Waals surface area contributed by atoms with E-state index in [4.69, 9.17) is 5.10 Å². The van der Waals surface area contributed by atoms with E-state index in [-0.39, 0.29) is 0 Å². The van der Waals surface area contributed by atoms with Crippen LogP contribution in [0.2, 0.25) is 0 Å². The lowest BCUT2D eigenvalue weighted by Crippen LogP contribution is -2.31. The van der Waals surface area contributed by atoms with Gasteiger partial charge in [0, 0.05) is 25.8 Å². The number of nitrogens with one attached hydrogen (secondary N) is 1. The van der Waals surface area contributed by atoms with Gasteiger partial charge in [-0.15, -0.1) is 0 Å². The summed E-state index contributed by atoms with van der Waals surface area (Å²) in [5, 5.41) is 8.05. The van der Waals surface area contributed by atoms with Crippen LogP contribution in [0, 0.1) is 0 Å². The van der Waals surface area contributed by atoms with E-state index in [2.05, 4.69) is 34.1 Å². The predicted octanol–water partition coefficient (Wildman–Crippen LogP) is 2.82. The lowest BCUT2D eigenvalue weighted by molar-refractivity contribution is 0.261. The molecule has 1 aliphatic carbocycles. The van der Waals surface area contributed by atoms with E-state index in [0.717, 1.165) is 26.2 Å². The molecule has 4 heteroatoms. The van der Waals surface area contributed by atoms with Gasteiger partial charge in [0.15, 0.2) is 0 Å². The normalized spacial score (nSPS) is 16.9. The molecule has 1 fully saturated rings. The van der Waals surface area contributed by atoms with Crippen LogP contribution < -0.4 is 5.32 Å². The molecule has 0 saturated heterocycles. The maximum absolute atomic E-state index is 4.82. The second-order valence-electron chi connectivity index (χ2n) is 5.96. The Hall–Kier alpha value is -0.870. The van der Waals surface area contributed by atoms with Crippen molar-refractivity contribution in [3.05, 3.63) is 18.0 Å². The van der Waals surface area contributed by atoms with Crippen LogP contribution in [0.15, 0.2) is 12.3 Å². The van der Waals surface area contributed by atoms with Gasteiger partial charge in [-0.1, -0.05) is 26.2 Å². The Kier molecular flexibility index (Phi) is 6.54. The summed E-state index contributed by atoms with van der Waals surface area (Å²) in [6.07, 6.45) is 10.1. The minimum atomic E-state index is 0.648. The van der Waals surface area contributed by atoms with Crippen LogP contribution in [-0.2, 0) is 6.54 Å². The first-order valence-electron chi connectivity index (χ1n) is 8.24. The predicted molar refractivity (Wildman–Crippen MR) is 83.8 cm³/mol. The highest BCUT2D eigenvalue weighted by Gasteiger charge is 2.16. The number of hydrogen-bond acceptors (Lipinski definition) is 3. The van der Waals surface area contributed by atoms with Gasteiger partial charge in [-0.3, -0.25) is 9.58 Å². The maximum atomic E-state index is 4.82. The van der Waals surface area contributed by atoms with Crippen LogP contribution in [0.3, 0.4) is 0 Å². The molecular weight excluding hydrogens is 248 g/mol. The molecule has 1 aromatic heterocycles. The Bertz CT molecular complexity index is 368. The fraction of sp³-hybridized carbons (Fsp3) is 0.812. The highest BCUT2D eigenvalue weighted by Crippen LogP contribution is 2.27. The average Bonchev–Trinajstić information content (AvgIpc) is 2.94. The quantitative estimate of drug-likeness (QED) is 0.794. The molecule has 1 aliphatic rings. The minimum Gasteiger partial charge on any atom is -0.318 e. The first kappa shape index (κ1) is 15.5. The molecule has 0 bridgehead atoms. The van der Waals surface area contributed by atoms with Crippen molar-refractivity contribution in [2.45, 2.75) is 58.0 Å². The highest BCUT2D eigenvalue weighted by molar-refractivity contribution is 5.00. The molecule has 1 saturated carbocycles. The van der Waals surface area contributed by atoms with Crippen LogP contribution in [0.5, 0.6) is 0 Å². The third-order valence-electron chi connectivity index (χ3n) is 4.22. The standard InChI is InChI=1S/C16H30N4/c1-3-11-19(13-10-17-2)14-15-9-12-20(18-15)16-7-5-4-6-8-16/h9,12,16-17H,3-8,10-11,13-14H2,1-2H3. The van der Waals surface area contributed by atoms with E-state index in [9.17, 15) is 0 Å². The summed E-state index contributed by atoms with van der Waals surface area (Å²) >= 11 is 0. The lowest BCUT2D eigenvalue weighted by atomic mass is 9.96. The van der Waals surface area contributed by atoms with Gasteiger partial charge in [0.2, 0.25) is 0 Å². The van der Waals surface area contributed by atoms with E-state index >= 15 is 0 Å². The summed E-state index contributed by atoms with van der Waals surface area (Å²) in [5.41, 5.74) is 1.22. The van der Waals surface area contributed by atoms with Crippen LogP contribution in [0.25, 0.3) is 0 Å². The van der Waals surface area contributed by atoms with E-state index in [0.29, 0.717) is 6.04 Å². The van der Waals surface area contributed by atoms with Gasteiger partial charge < -0.3 is 5.32 Å². The second kappa shape index (κ2) is 8.42. The summed E-state index contributed by atoms with van der Waals surface area (Å²) < 4.78 is 2.22. The minimum absolute atomic E-state index is 0.648. The number of aromatic nitrogens is 2. The zero-order chi connectivity index (χ0) is 14.2. The third-order valence-corrected chi connectivity index (χ3v) is 4.22. The Morgan fingerprint density at radius 3 is 2.80 bits per heavy atom. The van der Waals surface area contributed by atoms with Crippen molar-refractivity contribution in [3.63, 3.8) is 0 Å². The van der Waals surface area contributed by atoms with Gasteiger partial charge in [-0.2, -0.15) is 5.10 Å². The van der Waals surface area contributed by atoms with E-state index in [1.165, 1.54) is 44.2 Å². The first-order valence-corrected chi connectivity index (χ1v) is 8.24. The van der Waals surface area contributed by atoms with Crippen LogP contribution in [0.1, 0.15) is 57.2 Å². The molecule has 0 radical (unpaired) electrons. The molecule has 20 heavy (non-hydrogen) atoms. The van der Waals surface area contributed by atoms with E-state index in [1.807, 2.05) is 7.05 Å². The summed E-state index contributed by atoms with van der Waals surface area (Å²) in [6.45, 7) is 6.52. The fourth-order valence-electron chi connectivity index (χ4n) is 3.10. The molecule has 0 atom stereocenters. The topological polar surface area (TPSA) is 33.1 Å². The van der Waals surface area contributed by atoms with Gasteiger partial charge in [-0.25, -0.2) is 0 Å². The Morgan fingerprint density at radius 2 is 2.10 bits per heavy atom. The zero-order valence-electron chi connectivity index (χ0n) is 13.1. The van der Waals surface area contributed by atoms with Gasteiger partial charge in [-0.05, 0) is 38.9 Å². The molecule has 0 aromatic carbocycles. The number of rotatable bonds is 8. The second-order valence-corrected chi connectivity index (χ2v) is 5.96. The highest BCUT2D eigenvalue weighted by atomic mass is 15.3. The molecule has 0 unspecified atom stereocenters. The molecule has 1 heterocycles. The molecule has 1 aromatic rings. The maximum Gasteiger partial charge on any atom is 0.0764 e. The summed E-state index contributed by atoms with van der Waals surface area (Å²) in [4.78, 5) is 2.49. The van der Waals surface area contributed by atoms with Crippen LogP contribution in [-0.4, -0.2) is 41.4 Å². The molecule has 0 spiro atoms. The zero-order valence-corrected chi connectivity index (χ0v) is 13.1. The third kappa shape index (κ3) is 4.60. The Morgan fingerprint density at radius 1 is 1.30 bits per heavy atom. The van der Waals surface area contributed by atoms with Crippen molar-refractivity contribution in [3.8, 4) is 0 Å². The van der Waals surface area contributed by atoms with Crippen molar-refractivity contribution in [2.24, 2.45) is 0 Å². The van der Waals surface area contributed by atoms with Gasteiger partial charge >= 0.3 is 0 Å². The van der Waals surface area contributed by atoms with Gasteiger partial charge in [0.05, 0.1) is 11.7 Å². The number of hydrogen-bond donors (Lipinski definition) is 1. The molecule has 1 N–H and O–H groups in total. The summed E-state index contributed by atoms with van der Waals surface area (Å²) in [5.74, 6) is 0. The number of nitrogens with zero attached hydrogens (tertiary/aromatic N) is 3. The molecule has 2 rings (SSSR count). The SMILES string of the molecule is CCCN(CCNC)Cc1ccn(C2CCCCC2)n1. The van der Waals surface area contributed by atoms with E-state index in [1.54, 1.807) is 0 Å². The van der Waals surface area contributed by atoms with Crippen molar-refractivity contribution in [1.29, 1.82) is 0 Å². The average molecular weight is 278 g/mol. The number of likely N-dealkylation sites (N-methyl/N-ethyl adjacent to an activating group) is 1. The molecule has 4 nitrogen and oxygen atoms in total. The van der Waals surface area contributed by atoms with Crippen molar-refractivity contribution in [1.82, 2.24) is 20.0 Å². The Balaban J connectivity index is 1.89. The van der Waals surface area contributed by atoms with Crippen LogP contribution in [0.4, 0.5) is 0 Å². The molecule has 114 valence electrons. The Labute approximate surface area is 123 Å². The molecule has 0 amide bonds. The van der Waals surface area contributed by atoms with Crippen LogP contribution >= 0.6 is 0 Å². The van der Waals surface area contributed by atoms with Crippen molar-refractivity contribution < 1.29 is 0 Å². The van der Waals surface area contributed by atoms with Crippen molar-refractivity contribution >= 4 is 0 Å². The van der Waals surface area contributed by atoms with E-state index < -0.39 is 0 Å². The fourth-order valence-corrected chi connectivity index (χ4v) is 3.10. The van der Waals surface area contributed by atoms with Gasteiger partial charge in [0.1, 0.15) is 0 Å². The van der Waals surface area contributed by atoms with Crippen molar-refractivity contribution in [2.75, 3.05) is 26.7 Å². The summed E-state index contributed by atoms with van der Waals surface area (Å²) in [7, 11) is 2.02. The largest absolute Gasteiger partial charge is 0.318 e. The molecular formula is C16H30N4. The lowest BCUT2D eigenvalue weighted by Gasteiger charge is -2.22. The first-order chi connectivity index (χ1) is 9.83. The monoisotopic (exact) mass is 278 g/mol. The van der Waals surface area contributed by atoms with Gasteiger partial charge in [0.25, 0.3) is 0 Å². The molecule has 0 aliphatic heterocycles.